The molecule has 2 rings (SSSR count). The SMILES string of the molecule is O=C(CNC(=S)Nc1ccc(Cl)cc1)NCc1ccco1. The molecular weight excluding hydrogens is 310 g/mol. The predicted molar refractivity (Wildman–Crippen MR) is 86.2 cm³/mol. The highest BCUT2D eigenvalue weighted by atomic mass is 35.5. The third-order valence-corrected chi connectivity index (χ3v) is 3.05. The number of nitrogens with one attached hydrogen (secondary N) is 3. The smallest absolute Gasteiger partial charge is 0.239 e. The highest BCUT2D eigenvalue weighted by Gasteiger charge is 2.04. The number of rotatable bonds is 5. The molecule has 2 aromatic rings. The predicted octanol–water partition coefficient (Wildman–Crippen LogP) is 2.54. The van der Waals surface area contributed by atoms with Gasteiger partial charge in [0, 0.05) is 10.7 Å². The summed E-state index contributed by atoms with van der Waals surface area (Å²) in [7, 11) is 0. The molecule has 0 aliphatic carbocycles. The molecule has 0 unspecified atom stereocenters. The zero-order valence-electron chi connectivity index (χ0n) is 11.1. The topological polar surface area (TPSA) is 66.3 Å². The summed E-state index contributed by atoms with van der Waals surface area (Å²) in [5.74, 6) is 0.525. The van der Waals surface area contributed by atoms with Crippen molar-refractivity contribution in [3.63, 3.8) is 0 Å². The summed E-state index contributed by atoms with van der Waals surface area (Å²) in [6.07, 6.45) is 1.56. The van der Waals surface area contributed by atoms with Gasteiger partial charge in [-0.3, -0.25) is 4.79 Å². The molecule has 1 amide bonds. The fraction of sp³-hybridized carbons (Fsp3) is 0.143. The van der Waals surface area contributed by atoms with Crippen molar-refractivity contribution in [2.24, 2.45) is 0 Å². The molecule has 1 aromatic carbocycles. The van der Waals surface area contributed by atoms with E-state index in [9.17, 15) is 4.79 Å². The van der Waals surface area contributed by atoms with Gasteiger partial charge in [-0.1, -0.05) is 11.6 Å². The molecule has 0 radical (unpaired) electrons. The lowest BCUT2D eigenvalue weighted by molar-refractivity contribution is -0.120. The Kier molecular flexibility index (Phi) is 5.59. The number of hydrogen-bond donors (Lipinski definition) is 3. The van der Waals surface area contributed by atoms with Gasteiger partial charge in [0.1, 0.15) is 5.76 Å². The van der Waals surface area contributed by atoms with Gasteiger partial charge in [-0.25, -0.2) is 0 Å². The van der Waals surface area contributed by atoms with E-state index in [-0.39, 0.29) is 12.5 Å². The normalized spacial score (nSPS) is 9.95. The lowest BCUT2D eigenvalue weighted by Gasteiger charge is -2.10. The van der Waals surface area contributed by atoms with Crippen LogP contribution in [-0.4, -0.2) is 17.6 Å². The van der Waals surface area contributed by atoms with E-state index >= 15 is 0 Å². The Bertz CT molecular complexity index is 599. The van der Waals surface area contributed by atoms with Gasteiger partial charge >= 0.3 is 0 Å². The number of amides is 1. The number of benzene rings is 1. The van der Waals surface area contributed by atoms with Gasteiger partial charge in [-0.2, -0.15) is 0 Å². The second-order valence-electron chi connectivity index (χ2n) is 4.17. The van der Waals surface area contributed by atoms with Crippen LogP contribution in [0.2, 0.25) is 5.02 Å². The Balaban J connectivity index is 1.68. The highest BCUT2D eigenvalue weighted by Crippen LogP contribution is 2.12. The monoisotopic (exact) mass is 323 g/mol. The molecule has 5 nitrogen and oxygen atoms in total. The summed E-state index contributed by atoms with van der Waals surface area (Å²) in [4.78, 5) is 11.6. The maximum Gasteiger partial charge on any atom is 0.239 e. The third kappa shape index (κ3) is 5.45. The Morgan fingerprint density at radius 1 is 1.19 bits per heavy atom. The Labute approximate surface area is 132 Å². The molecule has 110 valence electrons. The average molecular weight is 324 g/mol. The summed E-state index contributed by atoms with van der Waals surface area (Å²) in [5, 5.41) is 9.51. The van der Waals surface area contributed by atoms with E-state index in [4.69, 9.17) is 28.2 Å². The second kappa shape index (κ2) is 7.66. The Hall–Kier alpha value is -2.05. The van der Waals surface area contributed by atoms with Crippen LogP contribution in [-0.2, 0) is 11.3 Å². The molecule has 0 atom stereocenters. The number of carbonyl (C=O) groups excluding carboxylic acids is 1. The maximum atomic E-state index is 11.6. The molecule has 1 aromatic heterocycles. The summed E-state index contributed by atoms with van der Waals surface area (Å²) < 4.78 is 5.11. The van der Waals surface area contributed by atoms with Crippen LogP contribution in [0.3, 0.4) is 0 Å². The van der Waals surface area contributed by atoms with Crippen LogP contribution >= 0.6 is 23.8 Å². The number of furan rings is 1. The van der Waals surface area contributed by atoms with Crippen molar-refractivity contribution in [2.45, 2.75) is 6.54 Å². The van der Waals surface area contributed by atoms with Crippen LogP contribution in [0.25, 0.3) is 0 Å². The molecular formula is C14H14ClN3O2S. The number of carbonyl (C=O) groups is 1. The second-order valence-corrected chi connectivity index (χ2v) is 5.02. The van der Waals surface area contributed by atoms with E-state index in [1.165, 1.54) is 0 Å². The van der Waals surface area contributed by atoms with E-state index in [0.29, 0.717) is 22.4 Å². The van der Waals surface area contributed by atoms with Gasteiger partial charge in [-0.05, 0) is 48.6 Å². The first-order valence-corrected chi connectivity index (χ1v) is 7.01. The van der Waals surface area contributed by atoms with E-state index in [0.717, 1.165) is 5.69 Å². The molecule has 21 heavy (non-hydrogen) atoms. The van der Waals surface area contributed by atoms with E-state index in [1.807, 2.05) is 0 Å². The molecule has 3 N–H and O–H groups in total. The van der Waals surface area contributed by atoms with Gasteiger partial charge < -0.3 is 20.4 Å². The van der Waals surface area contributed by atoms with Crippen molar-refractivity contribution in [1.29, 1.82) is 0 Å². The van der Waals surface area contributed by atoms with E-state index in [2.05, 4.69) is 16.0 Å². The van der Waals surface area contributed by atoms with Crippen molar-refractivity contribution in [3.05, 3.63) is 53.4 Å². The molecule has 0 aliphatic rings. The lowest BCUT2D eigenvalue weighted by atomic mass is 10.3. The largest absolute Gasteiger partial charge is 0.467 e. The van der Waals surface area contributed by atoms with Crippen LogP contribution in [0.4, 0.5) is 5.69 Å². The van der Waals surface area contributed by atoms with Gasteiger partial charge in [0.25, 0.3) is 0 Å². The van der Waals surface area contributed by atoms with Gasteiger partial charge in [-0.15, -0.1) is 0 Å². The summed E-state index contributed by atoms with van der Waals surface area (Å²) in [6.45, 7) is 0.436. The molecule has 0 aliphatic heterocycles. The molecule has 0 saturated carbocycles. The fourth-order valence-corrected chi connectivity index (χ4v) is 1.85. The van der Waals surface area contributed by atoms with Crippen LogP contribution in [0.5, 0.6) is 0 Å². The molecule has 0 spiro atoms. The molecule has 0 fully saturated rings. The first-order chi connectivity index (χ1) is 10.1. The minimum atomic E-state index is -0.174. The van der Waals surface area contributed by atoms with Gasteiger partial charge in [0.2, 0.25) is 5.91 Å². The van der Waals surface area contributed by atoms with Crippen molar-refractivity contribution in [1.82, 2.24) is 10.6 Å². The van der Waals surface area contributed by atoms with Crippen LogP contribution in [0, 0.1) is 0 Å². The zero-order chi connectivity index (χ0) is 15.1. The molecule has 0 bridgehead atoms. The molecule has 0 saturated heterocycles. The first kappa shape index (κ1) is 15.3. The maximum absolute atomic E-state index is 11.6. The fourth-order valence-electron chi connectivity index (χ4n) is 1.53. The van der Waals surface area contributed by atoms with Crippen LogP contribution in [0.1, 0.15) is 5.76 Å². The van der Waals surface area contributed by atoms with E-state index in [1.54, 1.807) is 42.7 Å². The number of anilines is 1. The summed E-state index contributed by atoms with van der Waals surface area (Å²) >= 11 is 10.9. The van der Waals surface area contributed by atoms with Crippen molar-refractivity contribution in [3.8, 4) is 0 Å². The Morgan fingerprint density at radius 3 is 2.62 bits per heavy atom. The first-order valence-electron chi connectivity index (χ1n) is 6.23. The zero-order valence-corrected chi connectivity index (χ0v) is 12.6. The van der Waals surface area contributed by atoms with E-state index < -0.39 is 0 Å². The van der Waals surface area contributed by atoms with Crippen LogP contribution in [0.15, 0.2) is 47.1 Å². The van der Waals surface area contributed by atoms with Gasteiger partial charge in [0.05, 0.1) is 19.4 Å². The van der Waals surface area contributed by atoms with Crippen molar-refractivity contribution in [2.75, 3.05) is 11.9 Å². The third-order valence-electron chi connectivity index (χ3n) is 2.55. The quantitative estimate of drug-likeness (QED) is 0.738. The number of hydrogen-bond acceptors (Lipinski definition) is 3. The van der Waals surface area contributed by atoms with Crippen LogP contribution < -0.4 is 16.0 Å². The standard InChI is InChI=1S/C14H14ClN3O2S/c15-10-3-5-11(6-4-10)18-14(21)17-9-13(19)16-8-12-2-1-7-20-12/h1-7H,8-9H2,(H,16,19)(H2,17,18,21). The number of thiocarbonyl (C=S) groups is 1. The van der Waals surface area contributed by atoms with Crippen molar-refractivity contribution >= 4 is 40.5 Å². The minimum absolute atomic E-state index is 0.0835. The highest BCUT2D eigenvalue weighted by molar-refractivity contribution is 7.80. The molecule has 1 heterocycles. The van der Waals surface area contributed by atoms with Gasteiger partial charge in [0.15, 0.2) is 5.11 Å². The molecule has 7 heteroatoms. The summed E-state index contributed by atoms with van der Waals surface area (Å²) in [6, 6.07) is 10.7. The number of halogens is 1. The summed E-state index contributed by atoms with van der Waals surface area (Å²) in [5.41, 5.74) is 0.799. The Morgan fingerprint density at radius 2 is 1.95 bits per heavy atom. The lowest BCUT2D eigenvalue weighted by Crippen LogP contribution is -2.38. The average Bonchev–Trinajstić information content (AvgIpc) is 2.99. The minimum Gasteiger partial charge on any atom is -0.467 e. The van der Waals surface area contributed by atoms with Crippen molar-refractivity contribution < 1.29 is 9.21 Å².